The van der Waals surface area contributed by atoms with Crippen molar-refractivity contribution in [3.8, 4) is 0 Å². The molecule has 0 radical (unpaired) electrons. The zero-order valence-electron chi connectivity index (χ0n) is 10.9. The second-order valence-corrected chi connectivity index (χ2v) is 5.02. The van der Waals surface area contributed by atoms with Crippen LogP contribution in [-0.4, -0.2) is 10.9 Å². The quantitative estimate of drug-likeness (QED) is 0.910. The predicted octanol–water partition coefficient (Wildman–Crippen LogP) is 3.36. The van der Waals surface area contributed by atoms with E-state index >= 15 is 0 Å². The third kappa shape index (κ3) is 1.95. The molecule has 3 aliphatic rings. The molecule has 1 aliphatic heterocycles. The Balaban J connectivity index is 1.59. The number of azo groups is 1. The summed E-state index contributed by atoms with van der Waals surface area (Å²) in [5, 5.41) is 10.1. The molecule has 0 spiro atoms. The van der Waals surface area contributed by atoms with E-state index in [0.717, 1.165) is 35.9 Å². The number of rotatable bonds is 2. The fraction of sp³-hybridized carbons (Fsp3) is 0.143. The highest BCUT2D eigenvalue weighted by Gasteiger charge is 2.38. The van der Waals surface area contributed by atoms with E-state index in [1.165, 1.54) is 0 Å². The molecule has 1 amide bonds. The van der Waals surface area contributed by atoms with E-state index in [9.17, 15) is 18.0 Å². The second kappa shape index (κ2) is 4.12. The summed E-state index contributed by atoms with van der Waals surface area (Å²) in [6.45, 7) is 0. The summed E-state index contributed by atoms with van der Waals surface area (Å²) < 4.78 is 37.9. The smallest absolute Gasteiger partial charge is 0.305 e. The molecular formula is C14H7F3N4O. The Morgan fingerprint density at radius 2 is 2.09 bits per heavy atom. The molecule has 110 valence electrons. The number of aromatic nitrogens is 1. The van der Waals surface area contributed by atoms with Crippen LogP contribution in [-0.2, 0) is 11.0 Å². The Labute approximate surface area is 122 Å². The minimum atomic E-state index is -4.49. The molecule has 8 heteroatoms. The summed E-state index contributed by atoms with van der Waals surface area (Å²) in [6, 6.07) is 1.61. The standard InChI is InChI=1S/C14H7F3N4O/c15-14(16,17)7-1-2-18-10(5-7)19-13(22)12-9-4-6-3-8(6)11(9)20-21-12/h1-2,4-5H,3H2,(H,18,19,22). The maximum atomic E-state index is 12.6. The Bertz CT molecular complexity index is 846. The zero-order valence-corrected chi connectivity index (χ0v) is 10.9. The topological polar surface area (TPSA) is 66.7 Å². The van der Waals surface area contributed by atoms with Crippen LogP contribution >= 0.6 is 0 Å². The van der Waals surface area contributed by atoms with E-state index in [0.29, 0.717) is 11.3 Å². The van der Waals surface area contributed by atoms with Gasteiger partial charge in [-0.3, -0.25) is 4.79 Å². The number of anilines is 1. The average molecular weight is 304 g/mol. The Kier molecular flexibility index (Phi) is 2.42. The zero-order chi connectivity index (χ0) is 15.5. The van der Waals surface area contributed by atoms with Crippen LogP contribution in [0.4, 0.5) is 19.0 Å². The molecule has 1 fully saturated rings. The van der Waals surface area contributed by atoms with Crippen molar-refractivity contribution >= 4 is 11.7 Å². The molecule has 0 saturated heterocycles. The Morgan fingerprint density at radius 1 is 1.27 bits per heavy atom. The number of alkyl halides is 3. The van der Waals surface area contributed by atoms with Gasteiger partial charge in [0.15, 0.2) is 5.70 Å². The number of carbonyl (C=O) groups excluding carboxylic acids is 1. The largest absolute Gasteiger partial charge is 0.416 e. The number of nitrogens with zero attached hydrogens (tertiary/aromatic N) is 3. The molecular weight excluding hydrogens is 297 g/mol. The first-order chi connectivity index (χ1) is 10.4. The summed E-state index contributed by atoms with van der Waals surface area (Å²) >= 11 is 0. The van der Waals surface area contributed by atoms with E-state index in [2.05, 4.69) is 20.5 Å². The molecule has 4 rings (SSSR count). The van der Waals surface area contributed by atoms with Gasteiger partial charge in [0.05, 0.1) is 11.3 Å². The number of carbonyl (C=O) groups is 1. The fourth-order valence-electron chi connectivity index (χ4n) is 2.39. The number of pyridine rings is 1. The Hall–Kier alpha value is -2.77. The van der Waals surface area contributed by atoms with Crippen molar-refractivity contribution in [1.29, 1.82) is 0 Å². The van der Waals surface area contributed by atoms with Gasteiger partial charge in [-0.25, -0.2) is 4.98 Å². The number of hydrogen-bond acceptors (Lipinski definition) is 4. The number of allylic oxidation sites excluding steroid dienone is 3. The van der Waals surface area contributed by atoms with Crippen LogP contribution in [0, 0.1) is 0 Å². The van der Waals surface area contributed by atoms with Gasteiger partial charge >= 0.3 is 6.18 Å². The molecule has 2 aliphatic carbocycles. The first kappa shape index (κ1) is 12.9. The van der Waals surface area contributed by atoms with Crippen LogP contribution < -0.4 is 5.32 Å². The first-order valence-electron chi connectivity index (χ1n) is 6.38. The summed E-state index contributed by atoms with van der Waals surface area (Å²) in [7, 11) is 0. The molecule has 2 heterocycles. The van der Waals surface area contributed by atoms with Crippen LogP contribution in [0.3, 0.4) is 0 Å². The molecule has 0 atom stereocenters. The third-order valence-corrected chi connectivity index (χ3v) is 3.54. The lowest BCUT2D eigenvalue weighted by molar-refractivity contribution is -0.137. The van der Waals surface area contributed by atoms with E-state index in [1.54, 1.807) is 0 Å². The third-order valence-electron chi connectivity index (χ3n) is 3.54. The van der Waals surface area contributed by atoms with Gasteiger partial charge in [0.1, 0.15) is 5.82 Å². The average Bonchev–Trinajstić information content (AvgIpc) is 2.93. The van der Waals surface area contributed by atoms with Crippen molar-refractivity contribution in [1.82, 2.24) is 4.98 Å². The van der Waals surface area contributed by atoms with E-state index in [-0.39, 0.29) is 11.5 Å². The van der Waals surface area contributed by atoms with Crippen LogP contribution in [0.5, 0.6) is 0 Å². The Morgan fingerprint density at radius 3 is 2.86 bits per heavy atom. The van der Waals surface area contributed by atoms with Crippen molar-refractivity contribution in [3.63, 3.8) is 0 Å². The highest BCUT2D eigenvalue weighted by atomic mass is 19.4. The molecule has 22 heavy (non-hydrogen) atoms. The van der Waals surface area contributed by atoms with Crippen molar-refractivity contribution in [2.75, 3.05) is 5.32 Å². The lowest BCUT2D eigenvalue weighted by Gasteiger charge is -2.08. The van der Waals surface area contributed by atoms with Gasteiger partial charge in [-0.15, -0.1) is 10.2 Å². The molecule has 1 aromatic rings. The van der Waals surface area contributed by atoms with Gasteiger partial charge in [0, 0.05) is 18.2 Å². The lowest BCUT2D eigenvalue weighted by Crippen LogP contribution is -2.15. The van der Waals surface area contributed by atoms with Gasteiger partial charge in [-0.1, -0.05) is 0 Å². The highest BCUT2D eigenvalue weighted by molar-refractivity contribution is 6.05. The van der Waals surface area contributed by atoms with Crippen LogP contribution in [0.1, 0.15) is 12.0 Å². The molecule has 0 unspecified atom stereocenters. The first-order valence-corrected chi connectivity index (χ1v) is 6.38. The highest BCUT2D eigenvalue weighted by Crippen LogP contribution is 2.51. The minimum absolute atomic E-state index is 0.0985. The van der Waals surface area contributed by atoms with Gasteiger partial charge in [0.2, 0.25) is 0 Å². The molecule has 1 N–H and O–H groups in total. The lowest BCUT2D eigenvalue weighted by atomic mass is 10.1. The number of halogens is 3. The molecule has 0 aromatic carbocycles. The molecule has 5 nitrogen and oxygen atoms in total. The maximum absolute atomic E-state index is 12.6. The molecule has 1 aromatic heterocycles. The summed E-state index contributed by atoms with van der Waals surface area (Å²) in [4.78, 5) is 15.9. The monoisotopic (exact) mass is 304 g/mol. The van der Waals surface area contributed by atoms with Crippen molar-refractivity contribution < 1.29 is 18.0 Å². The SMILES string of the molecule is O=C(Nc1cc(C(F)(F)F)ccn1)C1=C2C=C3CC3=C2N=N1. The number of hydrogen-bond donors (Lipinski definition) is 1. The van der Waals surface area contributed by atoms with Gasteiger partial charge in [-0.2, -0.15) is 13.2 Å². The van der Waals surface area contributed by atoms with E-state index < -0.39 is 17.6 Å². The van der Waals surface area contributed by atoms with Gasteiger partial charge in [0.25, 0.3) is 5.91 Å². The second-order valence-electron chi connectivity index (χ2n) is 5.02. The van der Waals surface area contributed by atoms with Gasteiger partial charge < -0.3 is 5.32 Å². The summed E-state index contributed by atoms with van der Waals surface area (Å²) in [6.07, 6.45) is -0.806. The number of fused-ring (bicyclic) bond motifs is 2. The minimum Gasteiger partial charge on any atom is -0.305 e. The van der Waals surface area contributed by atoms with E-state index in [4.69, 9.17) is 0 Å². The van der Waals surface area contributed by atoms with E-state index in [1.807, 2.05) is 6.08 Å². The number of nitrogens with one attached hydrogen (secondary N) is 1. The van der Waals surface area contributed by atoms with Gasteiger partial charge in [-0.05, 0) is 29.4 Å². The summed E-state index contributed by atoms with van der Waals surface area (Å²) in [5.41, 5.74) is 2.75. The molecule has 1 saturated carbocycles. The van der Waals surface area contributed by atoms with Crippen molar-refractivity contribution in [2.45, 2.75) is 12.6 Å². The molecule has 0 bridgehead atoms. The maximum Gasteiger partial charge on any atom is 0.416 e. The van der Waals surface area contributed by atoms with Crippen molar-refractivity contribution in [2.24, 2.45) is 10.2 Å². The van der Waals surface area contributed by atoms with Crippen LogP contribution in [0.15, 0.2) is 62.7 Å². The fourth-order valence-corrected chi connectivity index (χ4v) is 2.39. The normalized spacial score (nSPS) is 18.4. The van der Waals surface area contributed by atoms with Crippen LogP contribution in [0.25, 0.3) is 0 Å². The predicted molar refractivity (Wildman–Crippen MR) is 69.5 cm³/mol. The number of amides is 1. The van der Waals surface area contributed by atoms with Crippen LogP contribution in [0.2, 0.25) is 0 Å². The summed E-state index contributed by atoms with van der Waals surface area (Å²) in [5.74, 6) is -0.806. The van der Waals surface area contributed by atoms with Crippen molar-refractivity contribution in [3.05, 3.63) is 58.1 Å².